The first-order valence-electron chi connectivity index (χ1n) is 8.31. The third kappa shape index (κ3) is 3.90. The van der Waals surface area contributed by atoms with Crippen LogP contribution < -0.4 is 15.4 Å². The average molecular weight is 464 g/mol. The van der Waals surface area contributed by atoms with E-state index in [9.17, 15) is 0 Å². The van der Waals surface area contributed by atoms with Crippen LogP contribution in [0.3, 0.4) is 0 Å². The van der Waals surface area contributed by atoms with Crippen molar-refractivity contribution < 1.29 is 4.74 Å². The molecule has 1 unspecified atom stereocenters. The van der Waals surface area contributed by atoms with Crippen molar-refractivity contribution in [2.24, 2.45) is 4.99 Å². The second-order valence-electron chi connectivity index (χ2n) is 5.90. The molecule has 1 aliphatic heterocycles. The molecule has 0 saturated heterocycles. The molecule has 136 valence electrons. The van der Waals surface area contributed by atoms with Gasteiger partial charge in [0.15, 0.2) is 17.4 Å². The van der Waals surface area contributed by atoms with Gasteiger partial charge in [0.2, 0.25) is 0 Å². The summed E-state index contributed by atoms with van der Waals surface area (Å²) >= 11 is 0. The normalized spacial score (nSPS) is 15.9. The summed E-state index contributed by atoms with van der Waals surface area (Å²) in [6.45, 7) is 1.23. The molecule has 0 radical (unpaired) electrons. The van der Waals surface area contributed by atoms with Crippen molar-refractivity contribution >= 4 is 35.6 Å². The maximum atomic E-state index is 5.94. The first-order chi connectivity index (χ1) is 12.3. The van der Waals surface area contributed by atoms with Crippen LogP contribution in [0.1, 0.15) is 11.4 Å². The molecule has 0 aliphatic carbocycles. The monoisotopic (exact) mass is 464 g/mol. The number of benzene rings is 1. The molecule has 8 heteroatoms. The van der Waals surface area contributed by atoms with Crippen LogP contribution in [-0.2, 0) is 13.0 Å². The van der Waals surface area contributed by atoms with Gasteiger partial charge in [0.05, 0.1) is 13.1 Å². The van der Waals surface area contributed by atoms with Gasteiger partial charge in [0.25, 0.3) is 0 Å². The van der Waals surface area contributed by atoms with Gasteiger partial charge in [-0.3, -0.25) is 9.39 Å². The van der Waals surface area contributed by atoms with E-state index in [1.54, 1.807) is 7.05 Å². The van der Waals surface area contributed by atoms with Gasteiger partial charge in [0, 0.05) is 19.7 Å². The molecular weight excluding hydrogens is 443 g/mol. The second-order valence-corrected chi connectivity index (χ2v) is 5.90. The summed E-state index contributed by atoms with van der Waals surface area (Å²) in [6.07, 6.45) is 2.98. The molecule has 0 saturated carbocycles. The number of nitrogens with zero attached hydrogens (tertiary/aromatic N) is 4. The van der Waals surface area contributed by atoms with Crippen LogP contribution in [0.15, 0.2) is 53.7 Å². The molecule has 2 aromatic heterocycles. The topological polar surface area (TPSA) is 75.8 Å². The third-order valence-corrected chi connectivity index (χ3v) is 4.23. The van der Waals surface area contributed by atoms with Crippen LogP contribution in [0, 0.1) is 0 Å². The number of para-hydroxylation sites is 1. The number of nitrogens with one attached hydrogen (secondary N) is 2. The molecule has 7 nitrogen and oxygen atoms in total. The quantitative estimate of drug-likeness (QED) is 0.351. The maximum Gasteiger partial charge on any atom is 0.191 e. The SMILES string of the molecule is CN=C(NCc1nnc2ccccn12)NCC1Cc2ccccc2O1.I. The predicted molar refractivity (Wildman–Crippen MR) is 111 cm³/mol. The summed E-state index contributed by atoms with van der Waals surface area (Å²) in [4.78, 5) is 4.26. The molecule has 3 heterocycles. The molecule has 3 aromatic rings. The van der Waals surface area contributed by atoms with E-state index in [0.717, 1.165) is 23.6 Å². The Bertz CT molecular complexity index is 884. The zero-order chi connectivity index (χ0) is 17.1. The minimum Gasteiger partial charge on any atom is -0.488 e. The van der Waals surface area contributed by atoms with Crippen LogP contribution in [0.5, 0.6) is 5.75 Å². The number of pyridine rings is 1. The molecular formula is C18H21IN6O. The average Bonchev–Trinajstić information content (AvgIpc) is 3.25. The first kappa shape index (κ1) is 18.4. The number of hydrogen-bond acceptors (Lipinski definition) is 4. The molecule has 1 aliphatic rings. The molecule has 2 N–H and O–H groups in total. The van der Waals surface area contributed by atoms with E-state index in [2.05, 4.69) is 31.9 Å². The Balaban J connectivity index is 0.00000196. The largest absolute Gasteiger partial charge is 0.488 e. The van der Waals surface area contributed by atoms with Crippen LogP contribution in [0.4, 0.5) is 0 Å². The highest BCUT2D eigenvalue weighted by Crippen LogP contribution is 2.27. The fourth-order valence-electron chi connectivity index (χ4n) is 2.97. The van der Waals surface area contributed by atoms with Gasteiger partial charge < -0.3 is 15.4 Å². The molecule has 0 fully saturated rings. The van der Waals surface area contributed by atoms with E-state index in [1.165, 1.54) is 5.56 Å². The lowest BCUT2D eigenvalue weighted by molar-refractivity contribution is 0.235. The van der Waals surface area contributed by atoms with E-state index < -0.39 is 0 Å². The standard InChI is InChI=1S/C18H20N6O.HI/c1-19-18(20-11-14-10-13-6-2-3-7-15(13)25-14)21-12-17-23-22-16-8-4-5-9-24(16)17;/h2-9,14H,10-12H2,1H3,(H2,19,20,21);1H. The minimum atomic E-state index is 0. The number of aromatic nitrogens is 3. The lowest BCUT2D eigenvalue weighted by Gasteiger charge is -2.15. The fourth-order valence-corrected chi connectivity index (χ4v) is 2.97. The predicted octanol–water partition coefficient (Wildman–Crippen LogP) is 2.02. The summed E-state index contributed by atoms with van der Waals surface area (Å²) in [5.41, 5.74) is 2.09. The lowest BCUT2D eigenvalue weighted by atomic mass is 10.1. The van der Waals surface area contributed by atoms with Gasteiger partial charge >= 0.3 is 0 Å². The first-order valence-corrected chi connectivity index (χ1v) is 8.31. The van der Waals surface area contributed by atoms with Crippen LogP contribution in [0.2, 0.25) is 0 Å². The van der Waals surface area contributed by atoms with Crippen LogP contribution in [-0.4, -0.2) is 40.3 Å². The molecule has 0 spiro atoms. The van der Waals surface area contributed by atoms with E-state index in [-0.39, 0.29) is 30.1 Å². The molecule has 1 atom stereocenters. The van der Waals surface area contributed by atoms with E-state index in [0.29, 0.717) is 19.0 Å². The van der Waals surface area contributed by atoms with Gasteiger partial charge in [-0.15, -0.1) is 34.2 Å². The van der Waals surface area contributed by atoms with E-state index >= 15 is 0 Å². The van der Waals surface area contributed by atoms with Crippen molar-refractivity contribution in [2.75, 3.05) is 13.6 Å². The number of halogens is 1. The number of hydrogen-bond donors (Lipinski definition) is 2. The highest BCUT2D eigenvalue weighted by Gasteiger charge is 2.22. The number of ether oxygens (including phenoxy) is 1. The summed E-state index contributed by atoms with van der Waals surface area (Å²) in [5.74, 6) is 2.53. The van der Waals surface area contributed by atoms with Gasteiger partial charge in [-0.25, -0.2) is 0 Å². The van der Waals surface area contributed by atoms with Gasteiger partial charge in [0.1, 0.15) is 11.9 Å². The Morgan fingerprint density at radius 2 is 2.04 bits per heavy atom. The zero-order valence-electron chi connectivity index (χ0n) is 14.4. The van der Waals surface area contributed by atoms with Crippen molar-refractivity contribution in [3.8, 4) is 5.75 Å². The Labute approximate surface area is 168 Å². The van der Waals surface area contributed by atoms with Crippen LogP contribution >= 0.6 is 24.0 Å². The molecule has 0 bridgehead atoms. The zero-order valence-corrected chi connectivity index (χ0v) is 16.8. The summed E-state index contributed by atoms with van der Waals surface area (Å²) in [7, 11) is 1.75. The lowest BCUT2D eigenvalue weighted by Crippen LogP contribution is -2.42. The van der Waals surface area contributed by atoms with E-state index in [1.807, 2.05) is 47.0 Å². The maximum absolute atomic E-state index is 5.94. The van der Waals surface area contributed by atoms with Crippen molar-refractivity contribution in [1.82, 2.24) is 25.2 Å². The molecule has 1 aromatic carbocycles. The summed E-state index contributed by atoms with van der Waals surface area (Å²) in [5, 5.41) is 14.9. The highest BCUT2D eigenvalue weighted by atomic mass is 127. The van der Waals surface area contributed by atoms with Gasteiger partial charge in [-0.05, 0) is 23.8 Å². The fraction of sp³-hybridized carbons (Fsp3) is 0.278. The van der Waals surface area contributed by atoms with Crippen molar-refractivity contribution in [2.45, 2.75) is 19.1 Å². The van der Waals surface area contributed by atoms with Crippen molar-refractivity contribution in [1.29, 1.82) is 0 Å². The second kappa shape index (κ2) is 8.35. The number of fused-ring (bicyclic) bond motifs is 2. The Hall–Kier alpha value is -2.36. The summed E-state index contributed by atoms with van der Waals surface area (Å²) in [6, 6.07) is 14.0. The number of guanidine groups is 1. The molecule has 4 rings (SSSR count). The highest BCUT2D eigenvalue weighted by molar-refractivity contribution is 14.0. The number of aliphatic imine (C=N–C) groups is 1. The third-order valence-electron chi connectivity index (χ3n) is 4.23. The Morgan fingerprint density at radius 1 is 1.19 bits per heavy atom. The Kier molecular flexibility index (Phi) is 5.92. The summed E-state index contributed by atoms with van der Waals surface area (Å²) < 4.78 is 7.89. The van der Waals surface area contributed by atoms with Gasteiger partial charge in [-0.1, -0.05) is 24.3 Å². The minimum absolute atomic E-state index is 0. The van der Waals surface area contributed by atoms with Gasteiger partial charge in [-0.2, -0.15) is 0 Å². The molecule has 0 amide bonds. The van der Waals surface area contributed by atoms with Crippen molar-refractivity contribution in [3.05, 3.63) is 60.0 Å². The smallest absolute Gasteiger partial charge is 0.191 e. The van der Waals surface area contributed by atoms with E-state index in [4.69, 9.17) is 4.74 Å². The van der Waals surface area contributed by atoms with Crippen molar-refractivity contribution in [3.63, 3.8) is 0 Å². The van der Waals surface area contributed by atoms with Crippen LogP contribution in [0.25, 0.3) is 5.65 Å². The number of rotatable bonds is 4. The Morgan fingerprint density at radius 3 is 2.88 bits per heavy atom. The molecule has 26 heavy (non-hydrogen) atoms.